The Kier molecular flexibility index (Phi) is 6.86. The molecular formula is C22H28N4O4S. The standard InChI is InChI=1S/C22H28N4O4S/c27-22(23-20-8-4-5-9-21(20)25-14-16-30-17-15-25)18-24-10-12-26(13-11-24)31(28,29)19-6-2-1-3-7-19/h1-9H,10-18H2,(H,23,27). The van der Waals surface area contributed by atoms with E-state index in [9.17, 15) is 13.2 Å². The smallest absolute Gasteiger partial charge is 0.243 e. The molecule has 2 heterocycles. The van der Waals surface area contributed by atoms with Crippen molar-refractivity contribution in [2.45, 2.75) is 4.90 Å². The Bertz CT molecular complexity index is 986. The van der Waals surface area contributed by atoms with E-state index in [1.807, 2.05) is 29.2 Å². The zero-order valence-electron chi connectivity index (χ0n) is 17.4. The van der Waals surface area contributed by atoms with Gasteiger partial charge in [0.1, 0.15) is 0 Å². The number of piperazine rings is 1. The van der Waals surface area contributed by atoms with Gasteiger partial charge in [0.15, 0.2) is 0 Å². The normalized spacial score (nSPS) is 18.6. The lowest BCUT2D eigenvalue weighted by Crippen LogP contribution is -2.50. The van der Waals surface area contributed by atoms with Crippen LogP contribution >= 0.6 is 0 Å². The third kappa shape index (κ3) is 5.24. The minimum atomic E-state index is -3.49. The molecule has 0 aromatic heterocycles. The maximum absolute atomic E-state index is 12.8. The van der Waals surface area contributed by atoms with E-state index < -0.39 is 10.0 Å². The number of sulfonamides is 1. The Hall–Kier alpha value is -2.46. The average molecular weight is 445 g/mol. The predicted molar refractivity (Wildman–Crippen MR) is 120 cm³/mol. The minimum Gasteiger partial charge on any atom is -0.378 e. The summed E-state index contributed by atoms with van der Waals surface area (Å²) in [5, 5.41) is 3.03. The summed E-state index contributed by atoms with van der Waals surface area (Å²) in [5.41, 5.74) is 1.79. The van der Waals surface area contributed by atoms with Gasteiger partial charge >= 0.3 is 0 Å². The molecule has 2 saturated heterocycles. The second-order valence-corrected chi connectivity index (χ2v) is 9.60. The van der Waals surface area contributed by atoms with E-state index in [4.69, 9.17) is 4.74 Å². The van der Waals surface area contributed by atoms with Crippen molar-refractivity contribution in [2.75, 3.05) is 69.2 Å². The highest BCUT2D eigenvalue weighted by Gasteiger charge is 2.29. The molecule has 9 heteroatoms. The van der Waals surface area contributed by atoms with Crippen LogP contribution in [0.3, 0.4) is 0 Å². The molecule has 2 aliphatic heterocycles. The van der Waals surface area contributed by atoms with Gasteiger partial charge in [-0.2, -0.15) is 4.31 Å². The van der Waals surface area contributed by atoms with Gasteiger partial charge in [-0.3, -0.25) is 9.69 Å². The van der Waals surface area contributed by atoms with Crippen LogP contribution in [0, 0.1) is 0 Å². The number of rotatable bonds is 6. The number of benzene rings is 2. The molecule has 2 aliphatic rings. The molecule has 0 radical (unpaired) electrons. The fraction of sp³-hybridized carbons (Fsp3) is 0.409. The molecule has 1 N–H and O–H groups in total. The molecular weight excluding hydrogens is 416 g/mol. The van der Waals surface area contributed by atoms with Crippen molar-refractivity contribution < 1.29 is 17.9 Å². The van der Waals surface area contributed by atoms with Crippen molar-refractivity contribution in [3.05, 3.63) is 54.6 Å². The van der Waals surface area contributed by atoms with Gasteiger partial charge in [0, 0.05) is 39.3 Å². The summed E-state index contributed by atoms with van der Waals surface area (Å²) in [6.07, 6.45) is 0. The fourth-order valence-corrected chi connectivity index (χ4v) is 5.36. The molecule has 0 unspecified atom stereocenters. The summed E-state index contributed by atoms with van der Waals surface area (Å²) in [5.74, 6) is -0.0972. The summed E-state index contributed by atoms with van der Waals surface area (Å²) in [6, 6.07) is 16.3. The van der Waals surface area contributed by atoms with Gasteiger partial charge in [-0.15, -0.1) is 0 Å². The number of amides is 1. The number of carbonyl (C=O) groups excluding carboxylic acids is 1. The maximum Gasteiger partial charge on any atom is 0.243 e. The molecule has 0 bridgehead atoms. The van der Waals surface area contributed by atoms with Crippen molar-refractivity contribution in [3.63, 3.8) is 0 Å². The lowest BCUT2D eigenvalue weighted by Gasteiger charge is -2.34. The molecule has 2 aromatic rings. The Morgan fingerprint density at radius 1 is 0.871 bits per heavy atom. The molecule has 4 rings (SSSR count). The second kappa shape index (κ2) is 9.78. The molecule has 2 fully saturated rings. The van der Waals surface area contributed by atoms with Crippen molar-refractivity contribution in [3.8, 4) is 0 Å². The highest BCUT2D eigenvalue weighted by atomic mass is 32.2. The second-order valence-electron chi connectivity index (χ2n) is 7.66. The average Bonchev–Trinajstić information content (AvgIpc) is 2.81. The summed E-state index contributed by atoms with van der Waals surface area (Å²) >= 11 is 0. The van der Waals surface area contributed by atoms with Gasteiger partial charge in [-0.1, -0.05) is 30.3 Å². The molecule has 0 saturated carbocycles. The Morgan fingerprint density at radius 2 is 1.52 bits per heavy atom. The topological polar surface area (TPSA) is 82.2 Å². The molecule has 2 aromatic carbocycles. The highest BCUT2D eigenvalue weighted by molar-refractivity contribution is 7.89. The van der Waals surface area contributed by atoms with E-state index >= 15 is 0 Å². The zero-order valence-corrected chi connectivity index (χ0v) is 18.3. The lowest BCUT2D eigenvalue weighted by molar-refractivity contribution is -0.117. The lowest BCUT2D eigenvalue weighted by atomic mass is 10.2. The van der Waals surface area contributed by atoms with Crippen LogP contribution in [-0.4, -0.2) is 82.6 Å². The van der Waals surface area contributed by atoms with Crippen LogP contribution < -0.4 is 10.2 Å². The maximum atomic E-state index is 12.8. The molecule has 31 heavy (non-hydrogen) atoms. The van der Waals surface area contributed by atoms with Crippen molar-refractivity contribution in [1.29, 1.82) is 0 Å². The molecule has 0 atom stereocenters. The van der Waals surface area contributed by atoms with E-state index in [0.717, 1.165) is 24.5 Å². The number of nitrogens with one attached hydrogen (secondary N) is 1. The first-order chi connectivity index (χ1) is 15.0. The molecule has 166 valence electrons. The van der Waals surface area contributed by atoms with Crippen LogP contribution in [-0.2, 0) is 19.6 Å². The summed E-state index contributed by atoms with van der Waals surface area (Å²) in [7, 11) is -3.49. The van der Waals surface area contributed by atoms with Crippen LogP contribution in [0.25, 0.3) is 0 Å². The number of para-hydroxylation sites is 2. The van der Waals surface area contributed by atoms with Crippen molar-refractivity contribution in [1.82, 2.24) is 9.21 Å². The van der Waals surface area contributed by atoms with Gasteiger partial charge in [0.25, 0.3) is 0 Å². The van der Waals surface area contributed by atoms with E-state index in [0.29, 0.717) is 44.3 Å². The monoisotopic (exact) mass is 444 g/mol. The number of anilines is 2. The summed E-state index contributed by atoms with van der Waals surface area (Å²) in [6.45, 7) is 4.96. The largest absolute Gasteiger partial charge is 0.378 e. The van der Waals surface area contributed by atoms with Crippen LogP contribution in [0.15, 0.2) is 59.5 Å². The fourth-order valence-electron chi connectivity index (χ4n) is 3.92. The number of nitrogens with zero attached hydrogens (tertiary/aromatic N) is 3. The van der Waals surface area contributed by atoms with Gasteiger partial charge in [0.2, 0.25) is 15.9 Å². The Balaban J connectivity index is 1.32. The quantitative estimate of drug-likeness (QED) is 0.727. The van der Waals surface area contributed by atoms with E-state index in [1.165, 1.54) is 4.31 Å². The summed E-state index contributed by atoms with van der Waals surface area (Å²) < 4.78 is 32.4. The number of ether oxygens (including phenoxy) is 1. The van der Waals surface area contributed by atoms with Crippen molar-refractivity contribution >= 4 is 27.3 Å². The first-order valence-electron chi connectivity index (χ1n) is 10.5. The van der Waals surface area contributed by atoms with Crippen molar-refractivity contribution in [2.24, 2.45) is 0 Å². The van der Waals surface area contributed by atoms with Crippen LogP contribution in [0.5, 0.6) is 0 Å². The van der Waals surface area contributed by atoms with Crippen LogP contribution in [0.2, 0.25) is 0 Å². The zero-order chi connectivity index (χ0) is 21.7. The van der Waals surface area contributed by atoms with Gasteiger partial charge in [0.05, 0.1) is 36.0 Å². The predicted octanol–water partition coefficient (Wildman–Crippen LogP) is 1.47. The van der Waals surface area contributed by atoms with Gasteiger partial charge < -0.3 is 15.0 Å². The Morgan fingerprint density at radius 3 is 2.23 bits per heavy atom. The van der Waals surface area contributed by atoms with Gasteiger partial charge in [-0.25, -0.2) is 8.42 Å². The molecule has 1 amide bonds. The van der Waals surface area contributed by atoms with Crippen LogP contribution in [0.4, 0.5) is 11.4 Å². The first kappa shape index (κ1) is 21.8. The third-order valence-electron chi connectivity index (χ3n) is 5.61. The summed E-state index contributed by atoms with van der Waals surface area (Å²) in [4.78, 5) is 17.2. The van der Waals surface area contributed by atoms with E-state index in [-0.39, 0.29) is 12.5 Å². The number of hydrogen-bond acceptors (Lipinski definition) is 6. The van der Waals surface area contributed by atoms with E-state index in [2.05, 4.69) is 10.2 Å². The number of morpholine rings is 1. The molecule has 8 nitrogen and oxygen atoms in total. The SMILES string of the molecule is O=C(CN1CCN(S(=O)(=O)c2ccccc2)CC1)Nc1ccccc1N1CCOCC1. The van der Waals surface area contributed by atoms with Crippen LogP contribution in [0.1, 0.15) is 0 Å². The number of hydrogen-bond donors (Lipinski definition) is 1. The molecule has 0 aliphatic carbocycles. The minimum absolute atomic E-state index is 0.0972. The molecule has 0 spiro atoms. The van der Waals surface area contributed by atoms with Gasteiger partial charge in [-0.05, 0) is 24.3 Å². The van der Waals surface area contributed by atoms with E-state index in [1.54, 1.807) is 30.3 Å². The number of carbonyl (C=O) groups is 1. The first-order valence-corrected chi connectivity index (χ1v) is 12.0. The third-order valence-corrected chi connectivity index (χ3v) is 7.52. The highest BCUT2D eigenvalue weighted by Crippen LogP contribution is 2.26. The Labute approximate surface area is 183 Å².